The number of alkyl halides is 1. The number of rotatable bonds is 7. The Labute approximate surface area is 113 Å². The molecule has 0 bridgehead atoms. The fourth-order valence-electron chi connectivity index (χ4n) is 2.35. The van der Waals surface area contributed by atoms with E-state index in [-0.39, 0.29) is 12.0 Å². The van der Waals surface area contributed by atoms with Gasteiger partial charge in [-0.2, -0.15) is 0 Å². The molecule has 0 aromatic rings. The molecule has 0 aliphatic carbocycles. The molecule has 1 fully saturated rings. The number of nitrogens with zero attached hydrogens (tertiary/aromatic N) is 1. The molecule has 1 aliphatic rings. The first-order valence-corrected chi connectivity index (χ1v) is 7.88. The van der Waals surface area contributed by atoms with Crippen molar-refractivity contribution in [2.75, 3.05) is 25.0 Å². The minimum atomic E-state index is -0.0207. The van der Waals surface area contributed by atoms with Crippen LogP contribution in [0.15, 0.2) is 0 Å². The summed E-state index contributed by atoms with van der Waals surface area (Å²) in [5.41, 5.74) is 0. The zero-order chi connectivity index (χ0) is 12.5. The minimum absolute atomic E-state index is 0.0207. The van der Waals surface area contributed by atoms with E-state index in [1.807, 2.05) is 6.92 Å². The number of halogens is 1. The average molecular weight is 306 g/mol. The van der Waals surface area contributed by atoms with Crippen molar-refractivity contribution in [3.8, 4) is 0 Å². The highest BCUT2D eigenvalue weighted by Crippen LogP contribution is 2.19. The summed E-state index contributed by atoms with van der Waals surface area (Å²) in [5.74, 6) is -0.0207. The molecule has 0 N–H and O–H groups in total. The average Bonchev–Trinajstić information content (AvgIpc) is 2.35. The Morgan fingerprint density at radius 3 is 2.88 bits per heavy atom. The third-order valence-corrected chi connectivity index (χ3v) is 3.81. The Hall–Kier alpha value is -0.0900. The predicted molar refractivity (Wildman–Crippen MR) is 73.5 cm³/mol. The van der Waals surface area contributed by atoms with Crippen LogP contribution in [0, 0.1) is 0 Å². The standard InChI is InChI=1S/C13H24BrNO2/c1-2-17-13(16)12-8-4-7-11-15(12)10-6-3-5-9-14/h12H,2-11H2,1H3. The van der Waals surface area contributed by atoms with Crippen molar-refractivity contribution < 1.29 is 9.53 Å². The number of ether oxygens (including phenoxy) is 1. The van der Waals surface area contributed by atoms with E-state index in [9.17, 15) is 4.79 Å². The maximum absolute atomic E-state index is 11.8. The van der Waals surface area contributed by atoms with Crippen LogP contribution in [-0.2, 0) is 9.53 Å². The fourth-order valence-corrected chi connectivity index (χ4v) is 2.75. The Morgan fingerprint density at radius 2 is 2.18 bits per heavy atom. The quantitative estimate of drug-likeness (QED) is 0.411. The SMILES string of the molecule is CCOC(=O)C1CCCCN1CCCCCBr. The summed E-state index contributed by atoms with van der Waals surface area (Å²) < 4.78 is 5.15. The number of carbonyl (C=O) groups excluding carboxylic acids is 1. The van der Waals surface area contributed by atoms with Crippen molar-refractivity contribution in [3.05, 3.63) is 0 Å². The van der Waals surface area contributed by atoms with E-state index in [0.29, 0.717) is 6.61 Å². The third-order valence-electron chi connectivity index (χ3n) is 3.25. The summed E-state index contributed by atoms with van der Waals surface area (Å²) in [5, 5.41) is 1.08. The summed E-state index contributed by atoms with van der Waals surface area (Å²) in [6.45, 7) is 4.46. The number of hydrogen-bond donors (Lipinski definition) is 0. The molecule has 1 aliphatic heterocycles. The van der Waals surface area contributed by atoms with Crippen LogP contribution >= 0.6 is 15.9 Å². The van der Waals surface area contributed by atoms with Gasteiger partial charge in [0.25, 0.3) is 0 Å². The van der Waals surface area contributed by atoms with Crippen molar-refractivity contribution in [2.24, 2.45) is 0 Å². The number of unbranched alkanes of at least 4 members (excludes halogenated alkanes) is 2. The molecule has 0 radical (unpaired) electrons. The lowest BCUT2D eigenvalue weighted by Crippen LogP contribution is -2.45. The smallest absolute Gasteiger partial charge is 0.323 e. The van der Waals surface area contributed by atoms with Gasteiger partial charge in [-0.1, -0.05) is 28.8 Å². The van der Waals surface area contributed by atoms with E-state index in [4.69, 9.17) is 4.74 Å². The molecular formula is C13H24BrNO2. The molecule has 100 valence electrons. The number of piperidine rings is 1. The zero-order valence-electron chi connectivity index (χ0n) is 10.8. The number of carbonyl (C=O) groups is 1. The summed E-state index contributed by atoms with van der Waals surface area (Å²) >= 11 is 3.44. The van der Waals surface area contributed by atoms with E-state index in [2.05, 4.69) is 20.8 Å². The largest absolute Gasteiger partial charge is 0.465 e. The highest BCUT2D eigenvalue weighted by molar-refractivity contribution is 9.09. The molecule has 4 heteroatoms. The Kier molecular flexibility index (Phi) is 7.86. The van der Waals surface area contributed by atoms with Crippen LogP contribution in [0.25, 0.3) is 0 Å². The van der Waals surface area contributed by atoms with Gasteiger partial charge in [0, 0.05) is 5.33 Å². The molecule has 3 nitrogen and oxygen atoms in total. The van der Waals surface area contributed by atoms with Crippen molar-refractivity contribution in [2.45, 2.75) is 51.5 Å². The molecule has 0 aromatic heterocycles. The second-order valence-electron chi connectivity index (χ2n) is 4.55. The van der Waals surface area contributed by atoms with Gasteiger partial charge in [-0.3, -0.25) is 9.69 Å². The van der Waals surface area contributed by atoms with Gasteiger partial charge in [-0.15, -0.1) is 0 Å². The van der Waals surface area contributed by atoms with E-state index in [0.717, 1.165) is 31.3 Å². The Bertz CT molecular complexity index is 223. The molecule has 1 heterocycles. The monoisotopic (exact) mass is 305 g/mol. The minimum Gasteiger partial charge on any atom is -0.465 e. The van der Waals surface area contributed by atoms with Gasteiger partial charge in [0.1, 0.15) is 6.04 Å². The van der Waals surface area contributed by atoms with Gasteiger partial charge in [0.2, 0.25) is 0 Å². The number of hydrogen-bond acceptors (Lipinski definition) is 3. The van der Waals surface area contributed by atoms with Gasteiger partial charge in [-0.05, 0) is 45.7 Å². The third kappa shape index (κ3) is 5.38. The van der Waals surface area contributed by atoms with Crippen LogP contribution in [0.1, 0.15) is 45.4 Å². The zero-order valence-corrected chi connectivity index (χ0v) is 12.4. The summed E-state index contributed by atoms with van der Waals surface area (Å²) in [4.78, 5) is 14.1. The van der Waals surface area contributed by atoms with E-state index in [1.54, 1.807) is 0 Å². The molecule has 1 atom stereocenters. The highest BCUT2D eigenvalue weighted by Gasteiger charge is 2.28. The number of likely N-dealkylation sites (tertiary alicyclic amines) is 1. The molecule has 0 aromatic carbocycles. The van der Waals surface area contributed by atoms with Crippen molar-refractivity contribution in [3.63, 3.8) is 0 Å². The van der Waals surface area contributed by atoms with Gasteiger partial charge >= 0.3 is 5.97 Å². The van der Waals surface area contributed by atoms with E-state index in [1.165, 1.54) is 25.7 Å². The number of esters is 1. The lowest BCUT2D eigenvalue weighted by molar-refractivity contribution is -0.150. The molecular weight excluding hydrogens is 282 g/mol. The Morgan fingerprint density at radius 1 is 1.35 bits per heavy atom. The van der Waals surface area contributed by atoms with Gasteiger partial charge in [-0.25, -0.2) is 0 Å². The highest BCUT2D eigenvalue weighted by atomic mass is 79.9. The van der Waals surface area contributed by atoms with Crippen molar-refractivity contribution >= 4 is 21.9 Å². The molecule has 0 spiro atoms. The molecule has 17 heavy (non-hydrogen) atoms. The van der Waals surface area contributed by atoms with Crippen LogP contribution in [0.2, 0.25) is 0 Å². The first kappa shape index (κ1) is 15.0. The van der Waals surface area contributed by atoms with E-state index < -0.39 is 0 Å². The maximum atomic E-state index is 11.8. The summed E-state index contributed by atoms with van der Waals surface area (Å²) in [6, 6.07) is 0.0210. The van der Waals surface area contributed by atoms with Gasteiger partial charge in [0.05, 0.1) is 6.61 Å². The maximum Gasteiger partial charge on any atom is 0.323 e. The topological polar surface area (TPSA) is 29.5 Å². The predicted octanol–water partition coefficient (Wildman–Crippen LogP) is 2.97. The van der Waals surface area contributed by atoms with E-state index >= 15 is 0 Å². The van der Waals surface area contributed by atoms with Crippen LogP contribution in [-0.4, -0.2) is 41.9 Å². The first-order valence-electron chi connectivity index (χ1n) is 6.76. The normalized spacial score (nSPS) is 21.4. The molecule has 0 amide bonds. The molecule has 0 saturated carbocycles. The van der Waals surface area contributed by atoms with Gasteiger partial charge in [0.15, 0.2) is 0 Å². The van der Waals surface area contributed by atoms with Crippen LogP contribution < -0.4 is 0 Å². The van der Waals surface area contributed by atoms with Crippen molar-refractivity contribution in [1.82, 2.24) is 4.90 Å². The molecule has 1 rings (SSSR count). The van der Waals surface area contributed by atoms with Crippen LogP contribution in [0.4, 0.5) is 0 Å². The van der Waals surface area contributed by atoms with Crippen LogP contribution in [0.3, 0.4) is 0 Å². The first-order chi connectivity index (χ1) is 8.29. The lowest BCUT2D eigenvalue weighted by atomic mass is 10.0. The van der Waals surface area contributed by atoms with Gasteiger partial charge < -0.3 is 4.74 Å². The second kappa shape index (κ2) is 8.92. The molecule has 1 unspecified atom stereocenters. The second-order valence-corrected chi connectivity index (χ2v) is 5.34. The Balaban J connectivity index is 2.34. The molecule has 1 saturated heterocycles. The van der Waals surface area contributed by atoms with Crippen molar-refractivity contribution in [1.29, 1.82) is 0 Å². The lowest BCUT2D eigenvalue weighted by Gasteiger charge is -2.33. The summed E-state index contributed by atoms with van der Waals surface area (Å²) in [7, 11) is 0. The fraction of sp³-hybridized carbons (Fsp3) is 0.923. The summed E-state index contributed by atoms with van der Waals surface area (Å²) in [6.07, 6.45) is 6.98. The van der Waals surface area contributed by atoms with Crippen LogP contribution in [0.5, 0.6) is 0 Å².